The van der Waals surface area contributed by atoms with Crippen LogP contribution in [0.2, 0.25) is 0 Å². The van der Waals surface area contributed by atoms with Gasteiger partial charge in [0.1, 0.15) is 0 Å². The van der Waals surface area contributed by atoms with Crippen LogP contribution in [0, 0.1) is 13.8 Å². The topological polar surface area (TPSA) is 66.5 Å². The Hall–Kier alpha value is -2.34. The number of para-hydroxylation sites is 1. The average Bonchev–Trinajstić information content (AvgIpc) is 2.58. The molecule has 0 unspecified atom stereocenters. The Balaban J connectivity index is 2.23. The van der Waals surface area contributed by atoms with E-state index in [1.54, 1.807) is 6.07 Å². The first-order valence-corrected chi connectivity index (χ1v) is 10.9. The van der Waals surface area contributed by atoms with Crippen molar-refractivity contribution in [3.8, 4) is 0 Å². The van der Waals surface area contributed by atoms with E-state index in [2.05, 4.69) is 5.32 Å². The lowest BCUT2D eigenvalue weighted by atomic mass is 9.98. The van der Waals surface area contributed by atoms with Crippen molar-refractivity contribution >= 4 is 21.6 Å². The van der Waals surface area contributed by atoms with Gasteiger partial charge in [0.25, 0.3) is 5.91 Å². The second-order valence-electron chi connectivity index (χ2n) is 7.07. The van der Waals surface area contributed by atoms with Crippen molar-refractivity contribution in [2.75, 3.05) is 23.7 Å². The number of amides is 1. The molecule has 1 amide bonds. The number of carbonyl (C=O) groups excluding carboxylic acids is 1. The quantitative estimate of drug-likeness (QED) is 0.788. The van der Waals surface area contributed by atoms with Gasteiger partial charge in [0.05, 0.1) is 18.5 Å². The summed E-state index contributed by atoms with van der Waals surface area (Å²) in [6, 6.07) is 13.1. The van der Waals surface area contributed by atoms with Gasteiger partial charge in [0.15, 0.2) is 0 Å². The normalized spacial score (nSPS) is 11.5. The maximum Gasteiger partial charge on any atom is 0.251 e. The predicted octanol–water partition coefficient (Wildman–Crippen LogP) is 3.62. The third-order valence-electron chi connectivity index (χ3n) is 4.53. The summed E-state index contributed by atoms with van der Waals surface area (Å²) < 4.78 is 26.3. The van der Waals surface area contributed by atoms with Crippen LogP contribution in [0.15, 0.2) is 42.5 Å². The fraction of sp³-hybridized carbons (Fsp3) is 0.381. The first-order valence-electron chi connectivity index (χ1n) is 9.04. The minimum Gasteiger partial charge on any atom is -0.350 e. The van der Waals surface area contributed by atoms with Crippen molar-refractivity contribution in [2.45, 2.75) is 33.6 Å². The molecule has 0 atom stereocenters. The van der Waals surface area contributed by atoms with E-state index in [0.29, 0.717) is 11.3 Å². The van der Waals surface area contributed by atoms with E-state index >= 15 is 0 Å². The zero-order valence-corrected chi connectivity index (χ0v) is 17.4. The van der Waals surface area contributed by atoms with Gasteiger partial charge < -0.3 is 5.32 Å². The monoisotopic (exact) mass is 388 g/mol. The summed E-state index contributed by atoms with van der Waals surface area (Å²) in [6.07, 6.45) is 1.20. The van der Waals surface area contributed by atoms with Crippen molar-refractivity contribution in [2.24, 2.45) is 0 Å². The number of sulfonamides is 1. The number of aryl methyl sites for hydroxylation is 2. The van der Waals surface area contributed by atoms with Gasteiger partial charge in [-0.1, -0.05) is 50.2 Å². The average molecular weight is 389 g/mol. The highest BCUT2D eigenvalue weighted by Crippen LogP contribution is 2.32. The highest BCUT2D eigenvalue weighted by atomic mass is 32.2. The molecular weight excluding hydrogens is 360 g/mol. The van der Waals surface area contributed by atoms with Gasteiger partial charge in [-0.25, -0.2) is 8.42 Å². The molecule has 0 heterocycles. The first kappa shape index (κ1) is 21.0. The van der Waals surface area contributed by atoms with Gasteiger partial charge in [0.2, 0.25) is 10.0 Å². The highest BCUT2D eigenvalue weighted by molar-refractivity contribution is 7.92. The molecule has 6 heteroatoms. The molecule has 0 aliphatic heterocycles. The number of hydrogen-bond acceptors (Lipinski definition) is 3. The lowest BCUT2D eigenvalue weighted by molar-refractivity contribution is 0.0954. The van der Waals surface area contributed by atoms with Crippen LogP contribution in [0.25, 0.3) is 0 Å². The van der Waals surface area contributed by atoms with Gasteiger partial charge in [-0.15, -0.1) is 0 Å². The molecule has 0 saturated heterocycles. The number of benzene rings is 2. The fourth-order valence-corrected chi connectivity index (χ4v) is 4.13. The van der Waals surface area contributed by atoms with Crippen LogP contribution in [0.1, 0.15) is 46.8 Å². The van der Waals surface area contributed by atoms with Crippen LogP contribution in [-0.2, 0) is 10.0 Å². The number of hydrogen-bond donors (Lipinski definition) is 1. The summed E-state index contributed by atoms with van der Waals surface area (Å²) in [5, 5.41) is 2.84. The maximum absolute atomic E-state index is 12.5. The van der Waals surface area contributed by atoms with E-state index < -0.39 is 10.0 Å². The zero-order valence-electron chi connectivity index (χ0n) is 16.6. The van der Waals surface area contributed by atoms with Crippen LogP contribution < -0.4 is 9.62 Å². The standard InChI is InChI=1S/C21H28N2O3S/c1-15(2)18-12-8-10-17(4)20(18)23(27(5,25)26)14-13-22-21(24)19-11-7-6-9-16(19)3/h6-12,15H,13-14H2,1-5H3,(H,22,24). The van der Waals surface area contributed by atoms with Crippen molar-refractivity contribution in [3.05, 3.63) is 64.7 Å². The third kappa shape index (κ3) is 5.10. The van der Waals surface area contributed by atoms with Crippen molar-refractivity contribution in [3.63, 3.8) is 0 Å². The summed E-state index contributed by atoms with van der Waals surface area (Å²) >= 11 is 0. The van der Waals surface area contributed by atoms with Crippen LogP contribution in [-0.4, -0.2) is 33.7 Å². The molecule has 1 N–H and O–H groups in total. The smallest absolute Gasteiger partial charge is 0.251 e. The van der Waals surface area contributed by atoms with Gasteiger partial charge >= 0.3 is 0 Å². The molecular formula is C21H28N2O3S. The van der Waals surface area contributed by atoms with Crippen LogP contribution in [0.5, 0.6) is 0 Å². The molecule has 0 bridgehead atoms. The van der Waals surface area contributed by atoms with Crippen molar-refractivity contribution in [1.82, 2.24) is 5.32 Å². The van der Waals surface area contributed by atoms with Crippen molar-refractivity contribution < 1.29 is 13.2 Å². The summed E-state index contributed by atoms with van der Waals surface area (Å²) in [5.74, 6) is -0.0128. The van der Waals surface area contributed by atoms with E-state index in [0.717, 1.165) is 16.7 Å². The van der Waals surface area contributed by atoms with Crippen molar-refractivity contribution in [1.29, 1.82) is 0 Å². The summed E-state index contributed by atoms with van der Waals surface area (Å²) in [5.41, 5.74) is 4.07. The molecule has 0 aliphatic carbocycles. The Morgan fingerprint density at radius 3 is 2.26 bits per heavy atom. The zero-order chi connectivity index (χ0) is 20.2. The maximum atomic E-state index is 12.5. The Labute approximate surface area is 162 Å². The largest absolute Gasteiger partial charge is 0.350 e. The van der Waals surface area contributed by atoms with Crippen LogP contribution in [0.4, 0.5) is 5.69 Å². The van der Waals surface area contributed by atoms with Crippen LogP contribution >= 0.6 is 0 Å². The number of anilines is 1. The van der Waals surface area contributed by atoms with E-state index in [1.807, 2.05) is 64.1 Å². The second kappa shape index (κ2) is 8.57. The SMILES string of the molecule is Cc1ccccc1C(=O)NCCN(c1c(C)cccc1C(C)C)S(C)(=O)=O. The first-order chi connectivity index (χ1) is 12.6. The molecule has 0 radical (unpaired) electrons. The number of rotatable bonds is 7. The summed E-state index contributed by atoms with van der Waals surface area (Å²) in [7, 11) is -3.49. The lowest BCUT2D eigenvalue weighted by Crippen LogP contribution is -2.39. The van der Waals surface area contributed by atoms with E-state index in [1.165, 1.54) is 10.6 Å². The number of carbonyl (C=O) groups is 1. The molecule has 0 fully saturated rings. The predicted molar refractivity (Wildman–Crippen MR) is 111 cm³/mol. The van der Waals surface area contributed by atoms with Gasteiger partial charge in [0, 0.05) is 12.1 Å². The van der Waals surface area contributed by atoms with Crippen LogP contribution in [0.3, 0.4) is 0 Å². The Morgan fingerprint density at radius 2 is 1.67 bits per heavy atom. The molecule has 5 nitrogen and oxygen atoms in total. The molecule has 146 valence electrons. The number of nitrogens with zero attached hydrogens (tertiary/aromatic N) is 1. The molecule has 2 aromatic rings. The minimum atomic E-state index is -3.49. The van der Waals surface area contributed by atoms with E-state index in [-0.39, 0.29) is 24.9 Å². The Bertz CT molecular complexity index is 921. The molecule has 0 aromatic heterocycles. The number of nitrogens with one attached hydrogen (secondary N) is 1. The Morgan fingerprint density at radius 1 is 1.04 bits per heavy atom. The Kier molecular flexibility index (Phi) is 6.65. The summed E-state index contributed by atoms with van der Waals surface area (Å²) in [6.45, 7) is 8.27. The molecule has 2 rings (SSSR count). The molecule has 0 spiro atoms. The second-order valence-corrected chi connectivity index (χ2v) is 8.98. The van der Waals surface area contributed by atoms with Gasteiger partial charge in [-0.3, -0.25) is 9.10 Å². The van der Waals surface area contributed by atoms with E-state index in [9.17, 15) is 13.2 Å². The minimum absolute atomic E-state index is 0.182. The third-order valence-corrected chi connectivity index (χ3v) is 5.70. The van der Waals surface area contributed by atoms with Gasteiger partial charge in [-0.2, -0.15) is 0 Å². The lowest BCUT2D eigenvalue weighted by Gasteiger charge is -2.28. The van der Waals surface area contributed by atoms with Gasteiger partial charge in [-0.05, 0) is 42.5 Å². The fourth-order valence-electron chi connectivity index (χ4n) is 3.13. The molecule has 2 aromatic carbocycles. The molecule has 27 heavy (non-hydrogen) atoms. The summed E-state index contributed by atoms with van der Waals surface area (Å²) in [4.78, 5) is 12.4. The van der Waals surface area contributed by atoms with E-state index in [4.69, 9.17) is 0 Å². The molecule has 0 aliphatic rings. The highest BCUT2D eigenvalue weighted by Gasteiger charge is 2.23. The molecule has 0 saturated carbocycles.